The zero-order chi connectivity index (χ0) is 21.3. The maximum atomic E-state index is 12.8. The normalized spacial score (nSPS) is 16.2. The number of carbonyl (C=O) groups excluding carboxylic acids is 2. The van der Waals surface area contributed by atoms with Gasteiger partial charge < -0.3 is 15.0 Å². The minimum Gasteiger partial charge on any atom is -0.477 e. The predicted octanol–water partition coefficient (Wildman–Crippen LogP) is 4.08. The Morgan fingerprint density at radius 1 is 1.27 bits per heavy atom. The fourth-order valence-corrected chi connectivity index (χ4v) is 3.61. The van der Waals surface area contributed by atoms with Crippen molar-refractivity contribution in [2.45, 2.75) is 39.2 Å². The molecule has 1 aliphatic heterocycles. The molecule has 1 fully saturated rings. The maximum absolute atomic E-state index is 12.8. The van der Waals surface area contributed by atoms with E-state index in [4.69, 9.17) is 16.3 Å². The summed E-state index contributed by atoms with van der Waals surface area (Å²) < 4.78 is 5.74. The Balaban J connectivity index is 1.56. The first kappa shape index (κ1) is 22.1. The number of piperidine rings is 1. The standard InChI is InChI=1S/C23H28ClN3O3/c1-2-3-14-30-22-18(6-4-12-25-22)15-26-21(28)19-7-5-13-27(16-19)23(29)17-8-10-20(24)11-9-17/h4,6,8-12,19H,2-3,5,7,13-16H2,1H3,(H,26,28). The fourth-order valence-electron chi connectivity index (χ4n) is 3.48. The van der Waals surface area contributed by atoms with Gasteiger partial charge in [0, 0.05) is 42.0 Å². The molecule has 1 aromatic carbocycles. The molecule has 1 atom stereocenters. The highest BCUT2D eigenvalue weighted by Crippen LogP contribution is 2.21. The Morgan fingerprint density at radius 2 is 2.07 bits per heavy atom. The van der Waals surface area contributed by atoms with E-state index in [2.05, 4.69) is 17.2 Å². The summed E-state index contributed by atoms with van der Waals surface area (Å²) in [6, 6.07) is 10.6. The Hall–Kier alpha value is -2.60. The van der Waals surface area contributed by atoms with Gasteiger partial charge in [-0.2, -0.15) is 0 Å². The van der Waals surface area contributed by atoms with Gasteiger partial charge in [0.1, 0.15) is 0 Å². The zero-order valence-corrected chi connectivity index (χ0v) is 18.0. The van der Waals surface area contributed by atoms with Crippen LogP contribution in [0.25, 0.3) is 0 Å². The second-order valence-electron chi connectivity index (χ2n) is 7.48. The lowest BCUT2D eigenvalue weighted by Gasteiger charge is -2.32. The van der Waals surface area contributed by atoms with Crippen molar-refractivity contribution < 1.29 is 14.3 Å². The number of benzene rings is 1. The number of carbonyl (C=O) groups is 2. The smallest absolute Gasteiger partial charge is 0.253 e. The maximum Gasteiger partial charge on any atom is 0.253 e. The number of rotatable bonds is 8. The molecule has 0 spiro atoms. The first-order valence-corrected chi connectivity index (χ1v) is 10.9. The van der Waals surface area contributed by atoms with Gasteiger partial charge in [0.25, 0.3) is 5.91 Å². The summed E-state index contributed by atoms with van der Waals surface area (Å²) in [5.41, 5.74) is 1.44. The monoisotopic (exact) mass is 429 g/mol. The van der Waals surface area contributed by atoms with E-state index in [-0.39, 0.29) is 17.7 Å². The Labute approximate surface area is 182 Å². The number of pyridine rings is 1. The molecule has 30 heavy (non-hydrogen) atoms. The molecule has 0 bridgehead atoms. The highest BCUT2D eigenvalue weighted by molar-refractivity contribution is 6.30. The van der Waals surface area contributed by atoms with Crippen molar-refractivity contribution >= 4 is 23.4 Å². The van der Waals surface area contributed by atoms with Gasteiger partial charge in [-0.1, -0.05) is 31.0 Å². The average Bonchev–Trinajstić information content (AvgIpc) is 2.78. The number of amides is 2. The van der Waals surface area contributed by atoms with Crippen molar-refractivity contribution in [1.29, 1.82) is 0 Å². The van der Waals surface area contributed by atoms with Gasteiger partial charge in [0.2, 0.25) is 11.8 Å². The molecule has 160 valence electrons. The Kier molecular flexibility index (Phi) is 8.08. The van der Waals surface area contributed by atoms with Crippen molar-refractivity contribution in [3.63, 3.8) is 0 Å². The Bertz CT molecular complexity index is 857. The number of aromatic nitrogens is 1. The van der Waals surface area contributed by atoms with E-state index in [0.29, 0.717) is 42.7 Å². The van der Waals surface area contributed by atoms with Crippen molar-refractivity contribution in [1.82, 2.24) is 15.2 Å². The molecule has 0 saturated carbocycles. The zero-order valence-electron chi connectivity index (χ0n) is 17.3. The van der Waals surface area contributed by atoms with E-state index in [9.17, 15) is 9.59 Å². The lowest BCUT2D eigenvalue weighted by atomic mass is 9.96. The molecule has 1 aromatic heterocycles. The van der Waals surface area contributed by atoms with Gasteiger partial charge in [-0.3, -0.25) is 9.59 Å². The Morgan fingerprint density at radius 3 is 2.83 bits per heavy atom. The van der Waals surface area contributed by atoms with Crippen LogP contribution in [0, 0.1) is 5.92 Å². The minimum absolute atomic E-state index is 0.0491. The van der Waals surface area contributed by atoms with Crippen molar-refractivity contribution in [2.75, 3.05) is 19.7 Å². The molecule has 6 nitrogen and oxygen atoms in total. The summed E-state index contributed by atoms with van der Waals surface area (Å²) in [5.74, 6) is 0.223. The van der Waals surface area contributed by atoms with Crippen LogP contribution in [0.2, 0.25) is 5.02 Å². The van der Waals surface area contributed by atoms with Gasteiger partial charge in [-0.25, -0.2) is 4.98 Å². The highest BCUT2D eigenvalue weighted by atomic mass is 35.5. The van der Waals surface area contributed by atoms with Crippen molar-refractivity contribution in [3.8, 4) is 5.88 Å². The van der Waals surface area contributed by atoms with Crippen LogP contribution in [0.1, 0.15) is 48.5 Å². The molecule has 2 amide bonds. The van der Waals surface area contributed by atoms with Crippen LogP contribution in [0.5, 0.6) is 5.88 Å². The molecular weight excluding hydrogens is 402 g/mol. The third kappa shape index (κ3) is 5.95. The quantitative estimate of drug-likeness (QED) is 0.642. The van der Waals surface area contributed by atoms with Gasteiger partial charge in [0.15, 0.2) is 0 Å². The van der Waals surface area contributed by atoms with Crippen LogP contribution in [-0.4, -0.2) is 41.4 Å². The third-order valence-corrected chi connectivity index (χ3v) is 5.46. The number of likely N-dealkylation sites (tertiary alicyclic amines) is 1. The molecule has 1 N–H and O–H groups in total. The molecule has 1 unspecified atom stereocenters. The second-order valence-corrected chi connectivity index (χ2v) is 7.92. The lowest BCUT2D eigenvalue weighted by molar-refractivity contribution is -0.126. The summed E-state index contributed by atoms with van der Waals surface area (Å²) in [6.45, 7) is 4.14. The third-order valence-electron chi connectivity index (χ3n) is 5.21. The second kappa shape index (κ2) is 11.0. The van der Waals surface area contributed by atoms with Gasteiger partial charge in [0.05, 0.1) is 12.5 Å². The summed E-state index contributed by atoms with van der Waals surface area (Å²) in [7, 11) is 0. The van der Waals surface area contributed by atoms with Gasteiger partial charge in [-0.05, 0) is 49.6 Å². The van der Waals surface area contributed by atoms with Crippen LogP contribution in [0.4, 0.5) is 0 Å². The summed E-state index contributed by atoms with van der Waals surface area (Å²) in [5, 5.41) is 3.59. The van der Waals surface area contributed by atoms with Gasteiger partial charge >= 0.3 is 0 Å². The number of ether oxygens (including phenoxy) is 1. The van der Waals surface area contributed by atoms with Crippen LogP contribution in [0.3, 0.4) is 0 Å². The van der Waals surface area contributed by atoms with Crippen LogP contribution < -0.4 is 10.1 Å². The van der Waals surface area contributed by atoms with E-state index in [0.717, 1.165) is 31.2 Å². The van der Waals surface area contributed by atoms with E-state index < -0.39 is 0 Å². The summed E-state index contributed by atoms with van der Waals surface area (Å²) in [6.07, 6.45) is 5.26. The van der Waals surface area contributed by atoms with Crippen LogP contribution in [-0.2, 0) is 11.3 Å². The first-order chi connectivity index (χ1) is 14.6. The number of hydrogen-bond donors (Lipinski definition) is 1. The summed E-state index contributed by atoms with van der Waals surface area (Å²) in [4.78, 5) is 31.5. The number of halogens is 1. The fraction of sp³-hybridized carbons (Fsp3) is 0.435. The molecular formula is C23H28ClN3O3. The highest BCUT2D eigenvalue weighted by Gasteiger charge is 2.29. The van der Waals surface area contributed by atoms with E-state index in [1.54, 1.807) is 35.4 Å². The summed E-state index contributed by atoms with van der Waals surface area (Å²) >= 11 is 5.91. The number of nitrogens with one attached hydrogen (secondary N) is 1. The first-order valence-electron chi connectivity index (χ1n) is 10.5. The average molecular weight is 430 g/mol. The minimum atomic E-state index is -0.226. The molecule has 1 saturated heterocycles. The van der Waals surface area contributed by atoms with E-state index in [1.807, 2.05) is 12.1 Å². The largest absolute Gasteiger partial charge is 0.477 e. The molecule has 0 radical (unpaired) electrons. The molecule has 2 aromatic rings. The van der Waals surface area contributed by atoms with Crippen LogP contribution >= 0.6 is 11.6 Å². The van der Waals surface area contributed by atoms with Crippen molar-refractivity contribution in [3.05, 3.63) is 58.7 Å². The van der Waals surface area contributed by atoms with E-state index in [1.165, 1.54) is 0 Å². The predicted molar refractivity (Wildman–Crippen MR) is 117 cm³/mol. The van der Waals surface area contributed by atoms with Gasteiger partial charge in [-0.15, -0.1) is 0 Å². The molecule has 0 aliphatic carbocycles. The number of nitrogens with zero attached hydrogens (tertiary/aromatic N) is 2. The molecule has 1 aliphatic rings. The van der Waals surface area contributed by atoms with E-state index >= 15 is 0 Å². The lowest BCUT2D eigenvalue weighted by Crippen LogP contribution is -2.45. The molecule has 2 heterocycles. The van der Waals surface area contributed by atoms with Crippen molar-refractivity contribution in [2.24, 2.45) is 5.92 Å². The number of hydrogen-bond acceptors (Lipinski definition) is 4. The SMILES string of the molecule is CCCCOc1ncccc1CNC(=O)C1CCCN(C(=O)c2ccc(Cl)cc2)C1. The topological polar surface area (TPSA) is 71.5 Å². The van der Waals surface area contributed by atoms with Crippen LogP contribution in [0.15, 0.2) is 42.6 Å². The number of unbranched alkanes of at least 4 members (excludes halogenated alkanes) is 1. The molecule has 3 rings (SSSR count). The molecule has 7 heteroatoms.